The monoisotopic (exact) mass is 355 g/mol. The Morgan fingerprint density at radius 2 is 2.10 bits per heavy atom. The number of rotatable bonds is 10. The van der Waals surface area contributed by atoms with Crippen molar-refractivity contribution in [3.63, 3.8) is 0 Å². The highest BCUT2D eigenvalue weighted by Crippen LogP contribution is 2.23. The number of unbranched alkanes of at least 4 members (excludes halogenated alkanes) is 1. The van der Waals surface area contributed by atoms with E-state index in [0.29, 0.717) is 31.9 Å². The average Bonchev–Trinajstić information content (AvgIpc) is 2.91. The standard InChI is InChI=1S/C12H18ClNO5S2/c1-18-6-7-19-5-3-2-4-14-12(15)10-8-11(20-9-10)21(13,16)17/h8-9H,2-7H2,1H3,(H,14,15). The molecule has 1 rings (SSSR count). The third kappa shape index (κ3) is 7.23. The molecule has 0 fully saturated rings. The van der Waals surface area contributed by atoms with Crippen molar-refractivity contribution in [1.29, 1.82) is 0 Å². The Labute approximate surface area is 132 Å². The molecule has 1 aromatic rings. The van der Waals surface area contributed by atoms with Gasteiger partial charge in [0, 0.05) is 36.3 Å². The van der Waals surface area contributed by atoms with Crippen LogP contribution < -0.4 is 5.32 Å². The first-order chi connectivity index (χ1) is 9.95. The predicted octanol–water partition coefficient (Wildman–Crippen LogP) is 1.85. The maximum absolute atomic E-state index is 11.8. The summed E-state index contributed by atoms with van der Waals surface area (Å²) in [5.74, 6) is -0.307. The van der Waals surface area contributed by atoms with Crippen LogP contribution in [0.4, 0.5) is 0 Å². The molecule has 21 heavy (non-hydrogen) atoms. The summed E-state index contributed by atoms with van der Waals surface area (Å²) in [4.78, 5) is 11.8. The number of ether oxygens (including phenoxy) is 2. The molecule has 9 heteroatoms. The van der Waals surface area contributed by atoms with Crippen molar-refractivity contribution in [3.8, 4) is 0 Å². The van der Waals surface area contributed by atoms with Crippen LogP contribution in [-0.4, -0.2) is 47.8 Å². The summed E-state index contributed by atoms with van der Waals surface area (Å²) in [6, 6.07) is 1.27. The minimum atomic E-state index is -3.77. The zero-order chi connectivity index (χ0) is 15.7. The van der Waals surface area contributed by atoms with E-state index in [2.05, 4.69) is 5.32 Å². The van der Waals surface area contributed by atoms with Crippen molar-refractivity contribution in [2.75, 3.05) is 33.5 Å². The van der Waals surface area contributed by atoms with Crippen molar-refractivity contribution in [3.05, 3.63) is 17.0 Å². The Morgan fingerprint density at radius 3 is 2.71 bits per heavy atom. The van der Waals surface area contributed by atoms with Crippen molar-refractivity contribution >= 4 is 37.0 Å². The van der Waals surface area contributed by atoms with E-state index in [9.17, 15) is 13.2 Å². The molecule has 0 aromatic carbocycles. The van der Waals surface area contributed by atoms with Gasteiger partial charge in [-0.15, -0.1) is 11.3 Å². The van der Waals surface area contributed by atoms with Crippen molar-refractivity contribution < 1.29 is 22.7 Å². The normalized spacial score (nSPS) is 11.5. The largest absolute Gasteiger partial charge is 0.382 e. The SMILES string of the molecule is COCCOCCCCNC(=O)c1csc(S(=O)(=O)Cl)c1. The van der Waals surface area contributed by atoms with Gasteiger partial charge < -0.3 is 14.8 Å². The van der Waals surface area contributed by atoms with Crippen molar-refractivity contribution in [2.45, 2.75) is 17.1 Å². The zero-order valence-corrected chi connectivity index (χ0v) is 14.0. The van der Waals surface area contributed by atoms with E-state index in [1.54, 1.807) is 7.11 Å². The van der Waals surface area contributed by atoms with Gasteiger partial charge in [-0.2, -0.15) is 0 Å². The zero-order valence-electron chi connectivity index (χ0n) is 11.6. The third-order valence-corrected chi connectivity index (χ3v) is 5.55. The Hall–Kier alpha value is -0.670. The molecule has 6 nitrogen and oxygen atoms in total. The molecule has 0 bridgehead atoms. The minimum Gasteiger partial charge on any atom is -0.382 e. The fraction of sp³-hybridized carbons (Fsp3) is 0.583. The van der Waals surface area contributed by atoms with Crippen molar-refractivity contribution in [2.24, 2.45) is 0 Å². The fourth-order valence-electron chi connectivity index (χ4n) is 1.44. The highest BCUT2D eigenvalue weighted by molar-refractivity contribution is 8.15. The van der Waals surface area contributed by atoms with Crippen LogP contribution in [-0.2, 0) is 18.5 Å². The molecular formula is C12H18ClNO5S2. The molecule has 120 valence electrons. The summed E-state index contributed by atoms with van der Waals surface area (Å²) in [6.07, 6.45) is 1.61. The molecule has 1 N–H and O–H groups in total. The van der Waals surface area contributed by atoms with Gasteiger partial charge in [0.1, 0.15) is 4.21 Å². The van der Waals surface area contributed by atoms with Crippen molar-refractivity contribution in [1.82, 2.24) is 5.32 Å². The summed E-state index contributed by atoms with van der Waals surface area (Å²) in [6.45, 7) is 2.26. The lowest BCUT2D eigenvalue weighted by molar-refractivity contribution is 0.0686. The first-order valence-electron chi connectivity index (χ1n) is 6.33. The molecule has 1 amide bonds. The van der Waals surface area contributed by atoms with Crippen LogP contribution in [0.1, 0.15) is 23.2 Å². The molecule has 0 spiro atoms. The van der Waals surface area contributed by atoms with Crippen LogP contribution in [0.5, 0.6) is 0 Å². The quantitative estimate of drug-likeness (QED) is 0.511. The molecule has 1 heterocycles. The molecule has 0 aliphatic rings. The van der Waals surface area contributed by atoms with Crippen LogP contribution in [0.15, 0.2) is 15.7 Å². The summed E-state index contributed by atoms with van der Waals surface area (Å²) in [5, 5.41) is 4.19. The second-order valence-electron chi connectivity index (χ2n) is 4.16. The molecule has 0 saturated heterocycles. The van der Waals surface area contributed by atoms with Gasteiger partial charge in [0.05, 0.1) is 18.8 Å². The van der Waals surface area contributed by atoms with E-state index >= 15 is 0 Å². The van der Waals surface area contributed by atoms with E-state index < -0.39 is 9.05 Å². The molecule has 0 aliphatic heterocycles. The first kappa shape index (κ1) is 18.4. The number of amides is 1. The Bertz CT molecular complexity index is 544. The number of carbonyl (C=O) groups excluding carboxylic acids is 1. The lowest BCUT2D eigenvalue weighted by Gasteiger charge is -2.05. The lowest BCUT2D eigenvalue weighted by atomic mass is 10.3. The van der Waals surface area contributed by atoms with E-state index in [0.717, 1.165) is 24.2 Å². The topological polar surface area (TPSA) is 81.7 Å². The van der Waals surface area contributed by atoms with Gasteiger partial charge in [-0.25, -0.2) is 8.42 Å². The van der Waals surface area contributed by atoms with Gasteiger partial charge in [-0.05, 0) is 18.9 Å². The number of methoxy groups -OCH3 is 1. The predicted molar refractivity (Wildman–Crippen MR) is 81.6 cm³/mol. The summed E-state index contributed by atoms with van der Waals surface area (Å²) < 4.78 is 32.3. The summed E-state index contributed by atoms with van der Waals surface area (Å²) in [7, 11) is 3.05. The number of nitrogens with one attached hydrogen (secondary N) is 1. The lowest BCUT2D eigenvalue weighted by Crippen LogP contribution is -2.24. The Kier molecular flexibility index (Phi) is 8.20. The number of thiophene rings is 1. The van der Waals surface area contributed by atoms with Gasteiger partial charge in [0.25, 0.3) is 15.0 Å². The molecule has 1 aromatic heterocycles. The van der Waals surface area contributed by atoms with Crippen LogP contribution in [0.3, 0.4) is 0 Å². The Morgan fingerprint density at radius 1 is 1.33 bits per heavy atom. The second kappa shape index (κ2) is 9.37. The Balaban J connectivity index is 2.21. The van der Waals surface area contributed by atoms with Gasteiger partial charge in [-0.1, -0.05) is 0 Å². The van der Waals surface area contributed by atoms with Gasteiger partial charge in [0.2, 0.25) is 0 Å². The highest BCUT2D eigenvalue weighted by Gasteiger charge is 2.16. The molecule has 0 aliphatic carbocycles. The van der Waals surface area contributed by atoms with Crippen LogP contribution in [0, 0.1) is 0 Å². The van der Waals surface area contributed by atoms with Crippen LogP contribution in [0.2, 0.25) is 0 Å². The molecule has 0 radical (unpaired) electrons. The first-order valence-corrected chi connectivity index (χ1v) is 9.52. The van der Waals surface area contributed by atoms with Crippen LogP contribution >= 0.6 is 22.0 Å². The van der Waals surface area contributed by atoms with E-state index in [1.807, 2.05) is 0 Å². The number of carbonyl (C=O) groups is 1. The molecular weight excluding hydrogens is 338 g/mol. The summed E-state index contributed by atoms with van der Waals surface area (Å²) >= 11 is 0.927. The maximum Gasteiger partial charge on any atom is 0.270 e. The van der Waals surface area contributed by atoms with E-state index in [4.69, 9.17) is 20.2 Å². The number of hydrogen-bond donors (Lipinski definition) is 1. The third-order valence-electron chi connectivity index (χ3n) is 2.51. The number of hydrogen-bond acceptors (Lipinski definition) is 6. The van der Waals surface area contributed by atoms with Gasteiger partial charge >= 0.3 is 0 Å². The smallest absolute Gasteiger partial charge is 0.270 e. The number of halogens is 1. The van der Waals surface area contributed by atoms with E-state index in [1.165, 1.54) is 11.4 Å². The van der Waals surface area contributed by atoms with Crippen LogP contribution in [0.25, 0.3) is 0 Å². The fourth-order valence-corrected chi connectivity index (χ4v) is 3.39. The second-order valence-corrected chi connectivity index (χ2v) is 7.86. The highest BCUT2D eigenvalue weighted by atomic mass is 35.7. The molecule has 0 unspecified atom stereocenters. The van der Waals surface area contributed by atoms with Gasteiger partial charge in [0.15, 0.2) is 0 Å². The van der Waals surface area contributed by atoms with Gasteiger partial charge in [-0.3, -0.25) is 4.79 Å². The summed E-state index contributed by atoms with van der Waals surface area (Å²) in [5.41, 5.74) is 0.301. The molecule has 0 saturated carbocycles. The van der Waals surface area contributed by atoms with E-state index in [-0.39, 0.29) is 10.1 Å². The average molecular weight is 356 g/mol. The maximum atomic E-state index is 11.8. The molecule has 0 atom stereocenters. The minimum absolute atomic E-state index is 0.0270.